The topological polar surface area (TPSA) is 12.9 Å². The van der Waals surface area contributed by atoms with Crippen molar-refractivity contribution in [3.63, 3.8) is 0 Å². The third kappa shape index (κ3) is 2.60. The van der Waals surface area contributed by atoms with Gasteiger partial charge in [-0.1, -0.05) is 35.3 Å². The molecule has 0 radical (unpaired) electrons. The molecule has 2 rings (SSSR count). The summed E-state index contributed by atoms with van der Waals surface area (Å²) in [5.41, 5.74) is -0.0920. The van der Waals surface area contributed by atoms with Crippen molar-refractivity contribution >= 4 is 23.2 Å². The Morgan fingerprint density at radius 1 is 1.00 bits per heavy atom. The minimum atomic E-state index is -4.40. The van der Waals surface area contributed by atoms with Crippen molar-refractivity contribution in [2.45, 2.75) is 6.18 Å². The molecule has 2 aromatic rings. The standard InChI is InChI=1S/C12H6Cl2F3N/c13-9-5-18-6-10(14)11(9)7-2-1-3-8(4-7)12(15,16)17/h1-6H. The van der Waals surface area contributed by atoms with Crippen molar-refractivity contribution in [3.8, 4) is 11.1 Å². The molecule has 0 atom stereocenters. The van der Waals surface area contributed by atoms with Gasteiger partial charge < -0.3 is 0 Å². The van der Waals surface area contributed by atoms with Crippen molar-refractivity contribution in [1.82, 2.24) is 4.98 Å². The van der Waals surface area contributed by atoms with Crippen LogP contribution in [0.5, 0.6) is 0 Å². The average molecular weight is 292 g/mol. The zero-order valence-electron chi connectivity index (χ0n) is 8.80. The predicted octanol–water partition coefficient (Wildman–Crippen LogP) is 5.07. The van der Waals surface area contributed by atoms with Gasteiger partial charge in [0.15, 0.2) is 0 Å². The smallest absolute Gasteiger partial charge is 0.262 e. The Labute approximate surface area is 111 Å². The van der Waals surface area contributed by atoms with Crippen LogP contribution in [-0.2, 0) is 6.18 Å². The van der Waals surface area contributed by atoms with E-state index in [4.69, 9.17) is 23.2 Å². The van der Waals surface area contributed by atoms with E-state index in [2.05, 4.69) is 4.98 Å². The Morgan fingerprint density at radius 2 is 1.61 bits per heavy atom. The van der Waals surface area contributed by atoms with Gasteiger partial charge in [-0.05, 0) is 17.7 Å². The first-order valence-corrected chi connectivity index (χ1v) is 5.62. The predicted molar refractivity (Wildman–Crippen MR) is 64.7 cm³/mol. The molecular weight excluding hydrogens is 286 g/mol. The molecule has 1 aromatic carbocycles. The maximum atomic E-state index is 12.6. The number of rotatable bonds is 1. The van der Waals surface area contributed by atoms with E-state index in [-0.39, 0.29) is 10.0 Å². The fourth-order valence-corrected chi connectivity index (χ4v) is 2.12. The minimum Gasteiger partial charge on any atom is -0.262 e. The van der Waals surface area contributed by atoms with Crippen LogP contribution < -0.4 is 0 Å². The Hall–Kier alpha value is -1.26. The summed E-state index contributed by atoms with van der Waals surface area (Å²) in [4.78, 5) is 3.76. The lowest BCUT2D eigenvalue weighted by Gasteiger charge is -2.10. The van der Waals surface area contributed by atoms with Gasteiger partial charge in [-0.15, -0.1) is 0 Å². The van der Waals surface area contributed by atoms with Gasteiger partial charge >= 0.3 is 6.18 Å². The molecule has 1 nitrogen and oxygen atoms in total. The van der Waals surface area contributed by atoms with Gasteiger partial charge in [-0.25, -0.2) is 0 Å². The van der Waals surface area contributed by atoms with Gasteiger partial charge in [0.1, 0.15) is 0 Å². The molecule has 0 unspecified atom stereocenters. The fourth-order valence-electron chi connectivity index (χ4n) is 1.54. The molecule has 18 heavy (non-hydrogen) atoms. The highest BCUT2D eigenvalue weighted by Crippen LogP contribution is 2.37. The van der Waals surface area contributed by atoms with Gasteiger partial charge in [-0.2, -0.15) is 13.2 Å². The molecule has 0 N–H and O–H groups in total. The number of hydrogen-bond acceptors (Lipinski definition) is 1. The molecule has 0 aliphatic heterocycles. The quantitative estimate of drug-likeness (QED) is 0.714. The van der Waals surface area contributed by atoms with Crippen LogP contribution in [0, 0.1) is 0 Å². The number of aromatic nitrogens is 1. The Bertz CT molecular complexity index is 562. The first-order chi connectivity index (χ1) is 8.39. The molecule has 0 spiro atoms. The van der Waals surface area contributed by atoms with Gasteiger partial charge in [0.2, 0.25) is 0 Å². The summed E-state index contributed by atoms with van der Waals surface area (Å²) in [7, 11) is 0. The molecule has 0 fully saturated rings. The summed E-state index contributed by atoms with van der Waals surface area (Å²) < 4.78 is 37.8. The van der Waals surface area contributed by atoms with Crippen LogP contribution in [-0.4, -0.2) is 4.98 Å². The lowest BCUT2D eigenvalue weighted by Crippen LogP contribution is -2.04. The Balaban J connectivity index is 2.59. The lowest BCUT2D eigenvalue weighted by molar-refractivity contribution is -0.137. The largest absolute Gasteiger partial charge is 0.416 e. The second-order valence-corrected chi connectivity index (χ2v) is 4.37. The molecule has 0 saturated heterocycles. The van der Waals surface area contributed by atoms with E-state index < -0.39 is 11.7 Å². The van der Waals surface area contributed by atoms with Gasteiger partial charge in [0, 0.05) is 18.0 Å². The highest BCUT2D eigenvalue weighted by molar-refractivity contribution is 6.38. The summed E-state index contributed by atoms with van der Waals surface area (Å²) in [5.74, 6) is 0. The highest BCUT2D eigenvalue weighted by atomic mass is 35.5. The van der Waals surface area contributed by atoms with E-state index in [1.165, 1.54) is 24.5 Å². The normalized spacial score (nSPS) is 11.6. The summed E-state index contributed by atoms with van der Waals surface area (Å²) in [6.07, 6.45) is -1.73. The molecule has 0 bridgehead atoms. The van der Waals surface area contributed by atoms with Gasteiger partial charge in [0.05, 0.1) is 15.6 Å². The van der Waals surface area contributed by atoms with Crippen molar-refractivity contribution in [3.05, 3.63) is 52.3 Å². The highest BCUT2D eigenvalue weighted by Gasteiger charge is 2.30. The van der Waals surface area contributed by atoms with Crippen LogP contribution >= 0.6 is 23.2 Å². The second kappa shape index (κ2) is 4.78. The van der Waals surface area contributed by atoms with Crippen LogP contribution in [0.3, 0.4) is 0 Å². The second-order valence-electron chi connectivity index (χ2n) is 3.56. The minimum absolute atomic E-state index is 0.210. The molecule has 94 valence electrons. The van der Waals surface area contributed by atoms with Crippen LogP contribution in [0.15, 0.2) is 36.7 Å². The first-order valence-electron chi connectivity index (χ1n) is 4.86. The Kier molecular flexibility index (Phi) is 3.50. The number of hydrogen-bond donors (Lipinski definition) is 0. The average Bonchev–Trinajstić information content (AvgIpc) is 2.28. The van der Waals surface area contributed by atoms with Gasteiger partial charge in [-0.3, -0.25) is 4.98 Å². The SMILES string of the molecule is FC(F)(F)c1cccc(-c2c(Cl)cncc2Cl)c1. The molecule has 0 aliphatic carbocycles. The Morgan fingerprint density at radius 3 is 2.17 bits per heavy atom. The van der Waals surface area contributed by atoms with E-state index in [1.807, 2.05) is 0 Å². The van der Waals surface area contributed by atoms with Crippen LogP contribution in [0.25, 0.3) is 11.1 Å². The molecule has 1 heterocycles. The third-order valence-electron chi connectivity index (χ3n) is 2.33. The number of pyridine rings is 1. The zero-order chi connectivity index (χ0) is 13.3. The van der Waals surface area contributed by atoms with Crippen LogP contribution in [0.4, 0.5) is 13.2 Å². The van der Waals surface area contributed by atoms with E-state index in [9.17, 15) is 13.2 Å². The fraction of sp³-hybridized carbons (Fsp3) is 0.0833. The molecule has 0 aliphatic rings. The number of nitrogens with zero attached hydrogens (tertiary/aromatic N) is 1. The van der Waals surface area contributed by atoms with Crippen molar-refractivity contribution < 1.29 is 13.2 Å². The summed E-state index contributed by atoms with van der Waals surface area (Å²) in [6.45, 7) is 0. The van der Waals surface area contributed by atoms with E-state index in [0.29, 0.717) is 11.1 Å². The molecule has 0 saturated carbocycles. The first kappa shape index (κ1) is 13.2. The number of benzene rings is 1. The van der Waals surface area contributed by atoms with Crippen molar-refractivity contribution in [2.75, 3.05) is 0 Å². The van der Waals surface area contributed by atoms with E-state index >= 15 is 0 Å². The van der Waals surface area contributed by atoms with E-state index in [0.717, 1.165) is 12.1 Å². The zero-order valence-corrected chi connectivity index (χ0v) is 10.3. The maximum absolute atomic E-state index is 12.6. The molecule has 1 aromatic heterocycles. The molecule has 0 amide bonds. The lowest BCUT2D eigenvalue weighted by atomic mass is 10.0. The number of alkyl halides is 3. The molecule has 6 heteroatoms. The van der Waals surface area contributed by atoms with Gasteiger partial charge in [0.25, 0.3) is 0 Å². The van der Waals surface area contributed by atoms with Crippen LogP contribution in [0.1, 0.15) is 5.56 Å². The monoisotopic (exact) mass is 291 g/mol. The summed E-state index contributed by atoms with van der Waals surface area (Å²) in [6, 6.07) is 4.83. The van der Waals surface area contributed by atoms with Crippen LogP contribution in [0.2, 0.25) is 10.0 Å². The van der Waals surface area contributed by atoms with Crippen molar-refractivity contribution in [1.29, 1.82) is 0 Å². The van der Waals surface area contributed by atoms with E-state index in [1.54, 1.807) is 0 Å². The summed E-state index contributed by atoms with van der Waals surface area (Å²) >= 11 is 11.8. The maximum Gasteiger partial charge on any atom is 0.416 e. The molecular formula is C12H6Cl2F3N. The van der Waals surface area contributed by atoms with Crippen molar-refractivity contribution in [2.24, 2.45) is 0 Å². The number of halogens is 5. The summed E-state index contributed by atoms with van der Waals surface area (Å²) in [5, 5.41) is 0.420. The third-order valence-corrected chi connectivity index (χ3v) is 2.91.